The molecule has 0 radical (unpaired) electrons. The van der Waals surface area contributed by atoms with E-state index in [4.69, 9.17) is 4.74 Å². The van der Waals surface area contributed by atoms with E-state index in [9.17, 15) is 9.59 Å². The molecular weight excluding hydrogens is 264 g/mol. The molecule has 1 fully saturated rings. The first-order valence-electron chi connectivity index (χ1n) is 7.90. The summed E-state index contributed by atoms with van der Waals surface area (Å²) < 4.78 is 5.02. The van der Waals surface area contributed by atoms with Crippen LogP contribution in [0.1, 0.15) is 52.9 Å². The standard InChI is InChI=1S/C18H26O3/c1-5-18(4)10-15-12(2)7-6-8-14(11-21-13(3)19)17(20)9-16(15)18/h8,15-16H,2,5-7,9-11H2,1,3-4H3/b14-8-/t15-,16?,18+/m1/s1. The molecule has 2 rings (SSSR count). The molecular formula is C18H26O3. The summed E-state index contributed by atoms with van der Waals surface area (Å²) in [5.41, 5.74) is 2.19. The predicted octanol–water partition coefficient (Wildman–Crippen LogP) is 3.84. The second kappa shape index (κ2) is 6.17. The number of allylic oxidation sites excluding steroid dienone is 2. The number of carbonyl (C=O) groups excluding carboxylic acids is 2. The highest BCUT2D eigenvalue weighted by atomic mass is 16.5. The van der Waals surface area contributed by atoms with Crippen molar-refractivity contribution in [1.29, 1.82) is 0 Å². The van der Waals surface area contributed by atoms with Gasteiger partial charge in [-0.3, -0.25) is 9.59 Å². The van der Waals surface area contributed by atoms with Crippen LogP contribution in [-0.4, -0.2) is 18.4 Å². The molecule has 0 spiro atoms. The topological polar surface area (TPSA) is 43.4 Å². The summed E-state index contributed by atoms with van der Waals surface area (Å²) >= 11 is 0. The Morgan fingerprint density at radius 2 is 2.24 bits per heavy atom. The highest BCUT2D eigenvalue weighted by Gasteiger charge is 2.50. The van der Waals surface area contributed by atoms with E-state index < -0.39 is 0 Å². The molecule has 0 aromatic heterocycles. The molecule has 21 heavy (non-hydrogen) atoms. The number of hydrogen-bond acceptors (Lipinski definition) is 3. The van der Waals surface area contributed by atoms with Crippen molar-refractivity contribution >= 4 is 11.8 Å². The average molecular weight is 290 g/mol. The fourth-order valence-electron chi connectivity index (χ4n) is 3.73. The highest BCUT2D eigenvalue weighted by Crippen LogP contribution is 2.58. The lowest BCUT2D eigenvalue weighted by Gasteiger charge is -2.54. The molecule has 3 heteroatoms. The Bertz CT molecular complexity index is 489. The number of rotatable bonds is 3. The largest absolute Gasteiger partial charge is 0.461 e. The van der Waals surface area contributed by atoms with E-state index in [1.807, 2.05) is 6.08 Å². The molecule has 0 aromatic rings. The van der Waals surface area contributed by atoms with Crippen LogP contribution in [0.4, 0.5) is 0 Å². The molecule has 0 aromatic carbocycles. The van der Waals surface area contributed by atoms with Crippen molar-refractivity contribution < 1.29 is 14.3 Å². The Hall–Kier alpha value is -1.38. The van der Waals surface area contributed by atoms with Crippen molar-refractivity contribution in [3.05, 3.63) is 23.8 Å². The van der Waals surface area contributed by atoms with Crippen molar-refractivity contribution in [2.75, 3.05) is 6.61 Å². The fourth-order valence-corrected chi connectivity index (χ4v) is 3.73. The quantitative estimate of drug-likeness (QED) is 0.586. The molecule has 0 heterocycles. The Balaban J connectivity index is 2.15. The zero-order chi connectivity index (χ0) is 15.6. The van der Waals surface area contributed by atoms with Crippen molar-refractivity contribution in [1.82, 2.24) is 0 Å². The van der Waals surface area contributed by atoms with Crippen LogP contribution in [0.25, 0.3) is 0 Å². The maximum Gasteiger partial charge on any atom is 0.302 e. The third-order valence-electron chi connectivity index (χ3n) is 5.45. The van der Waals surface area contributed by atoms with Gasteiger partial charge in [-0.25, -0.2) is 0 Å². The molecule has 0 aliphatic heterocycles. The minimum atomic E-state index is -0.340. The van der Waals surface area contributed by atoms with Gasteiger partial charge in [0.05, 0.1) is 0 Å². The third-order valence-corrected chi connectivity index (χ3v) is 5.45. The zero-order valence-corrected chi connectivity index (χ0v) is 13.4. The smallest absolute Gasteiger partial charge is 0.302 e. The summed E-state index contributed by atoms with van der Waals surface area (Å²) in [6, 6.07) is 0. The minimum Gasteiger partial charge on any atom is -0.461 e. The summed E-state index contributed by atoms with van der Waals surface area (Å²) in [6.07, 6.45) is 6.48. The van der Waals surface area contributed by atoms with Crippen molar-refractivity contribution in [2.24, 2.45) is 17.3 Å². The number of carbonyl (C=O) groups is 2. The van der Waals surface area contributed by atoms with E-state index in [0.29, 0.717) is 23.8 Å². The average Bonchev–Trinajstić information content (AvgIpc) is 2.48. The number of ketones is 1. The van der Waals surface area contributed by atoms with E-state index in [-0.39, 0.29) is 23.8 Å². The Labute approximate surface area is 127 Å². The third kappa shape index (κ3) is 3.28. The normalized spacial score (nSPS) is 35.5. The van der Waals surface area contributed by atoms with Gasteiger partial charge >= 0.3 is 5.97 Å². The molecule has 0 saturated heterocycles. The van der Waals surface area contributed by atoms with Crippen LogP contribution in [0.15, 0.2) is 23.8 Å². The summed E-state index contributed by atoms with van der Waals surface area (Å²) in [5, 5.41) is 0. The van der Waals surface area contributed by atoms with E-state index in [1.54, 1.807) is 0 Å². The van der Waals surface area contributed by atoms with E-state index in [2.05, 4.69) is 20.4 Å². The number of esters is 1. The van der Waals surface area contributed by atoms with Crippen molar-refractivity contribution in [3.63, 3.8) is 0 Å². The second-order valence-electron chi connectivity index (χ2n) is 6.76. The van der Waals surface area contributed by atoms with Gasteiger partial charge in [-0.15, -0.1) is 0 Å². The Kier molecular flexibility index (Phi) is 4.70. The van der Waals surface area contributed by atoms with Gasteiger partial charge in [0, 0.05) is 18.9 Å². The lowest BCUT2D eigenvalue weighted by Crippen LogP contribution is -2.47. The van der Waals surface area contributed by atoms with Crippen molar-refractivity contribution in [2.45, 2.75) is 52.9 Å². The molecule has 0 amide bonds. The predicted molar refractivity (Wildman–Crippen MR) is 82.7 cm³/mol. The van der Waals surface area contributed by atoms with Crippen LogP contribution in [0.2, 0.25) is 0 Å². The van der Waals surface area contributed by atoms with E-state index in [1.165, 1.54) is 12.5 Å². The van der Waals surface area contributed by atoms with Gasteiger partial charge in [-0.05, 0) is 36.5 Å². The molecule has 0 bridgehead atoms. The van der Waals surface area contributed by atoms with Gasteiger partial charge in [0.25, 0.3) is 0 Å². The maximum absolute atomic E-state index is 12.5. The first-order chi connectivity index (χ1) is 9.87. The first-order valence-corrected chi connectivity index (χ1v) is 7.90. The maximum atomic E-state index is 12.5. The zero-order valence-electron chi connectivity index (χ0n) is 13.4. The monoisotopic (exact) mass is 290 g/mol. The van der Waals surface area contributed by atoms with E-state index >= 15 is 0 Å². The Morgan fingerprint density at radius 1 is 1.52 bits per heavy atom. The van der Waals surface area contributed by atoms with Crippen LogP contribution in [0.3, 0.4) is 0 Å². The summed E-state index contributed by atoms with van der Waals surface area (Å²) in [7, 11) is 0. The molecule has 3 atom stereocenters. The number of Topliss-reactive ketones (excluding diaryl/α,β-unsaturated/α-hetero) is 1. The number of ether oxygens (including phenoxy) is 1. The van der Waals surface area contributed by atoms with E-state index in [0.717, 1.165) is 25.7 Å². The van der Waals surface area contributed by atoms with Crippen LogP contribution in [0, 0.1) is 17.3 Å². The van der Waals surface area contributed by atoms with Crippen molar-refractivity contribution in [3.8, 4) is 0 Å². The molecule has 2 aliphatic rings. The lowest BCUT2D eigenvalue weighted by molar-refractivity contribution is -0.140. The summed E-state index contributed by atoms with van der Waals surface area (Å²) in [5.74, 6) is 0.676. The first kappa shape index (κ1) is 16.0. The van der Waals surface area contributed by atoms with Gasteiger partial charge in [0.1, 0.15) is 6.61 Å². The van der Waals surface area contributed by atoms with Crippen LogP contribution in [-0.2, 0) is 14.3 Å². The molecule has 116 valence electrons. The number of hydrogen-bond donors (Lipinski definition) is 0. The fraction of sp³-hybridized carbons (Fsp3) is 0.667. The van der Waals surface area contributed by atoms with Gasteiger partial charge in [0.15, 0.2) is 5.78 Å². The van der Waals surface area contributed by atoms with Crippen LogP contribution < -0.4 is 0 Å². The van der Waals surface area contributed by atoms with Gasteiger partial charge in [-0.2, -0.15) is 0 Å². The summed E-state index contributed by atoms with van der Waals surface area (Å²) in [6.45, 7) is 10.2. The van der Waals surface area contributed by atoms with Crippen LogP contribution in [0.5, 0.6) is 0 Å². The lowest BCUT2D eigenvalue weighted by atomic mass is 9.50. The van der Waals surface area contributed by atoms with Gasteiger partial charge < -0.3 is 4.74 Å². The van der Waals surface area contributed by atoms with Gasteiger partial charge in [-0.1, -0.05) is 38.5 Å². The molecule has 2 aliphatic carbocycles. The molecule has 1 saturated carbocycles. The SMILES string of the molecule is C=C1CC/C=C(/COC(C)=O)C(=O)CC2[C@@H]1C[C@]2(C)CC. The number of fused-ring (bicyclic) bond motifs is 1. The second-order valence-corrected chi connectivity index (χ2v) is 6.76. The Morgan fingerprint density at radius 3 is 2.86 bits per heavy atom. The highest BCUT2D eigenvalue weighted by molar-refractivity contribution is 5.96. The molecule has 3 nitrogen and oxygen atoms in total. The molecule has 1 unspecified atom stereocenters. The summed E-state index contributed by atoms with van der Waals surface area (Å²) in [4.78, 5) is 23.5. The minimum absolute atomic E-state index is 0.112. The van der Waals surface area contributed by atoms with Gasteiger partial charge in [0.2, 0.25) is 0 Å². The molecule has 0 N–H and O–H groups in total. The van der Waals surface area contributed by atoms with Crippen LogP contribution >= 0.6 is 0 Å².